The van der Waals surface area contributed by atoms with Gasteiger partial charge in [-0.05, 0) is 31.1 Å². The number of rotatable bonds is 5. The van der Waals surface area contributed by atoms with Crippen LogP contribution in [0.4, 0.5) is 0 Å². The molecule has 0 aromatic heterocycles. The Morgan fingerprint density at radius 3 is 2.18 bits per heavy atom. The number of hydrogen-bond acceptors (Lipinski definition) is 2. The Bertz CT molecular complexity index is 283. The van der Waals surface area contributed by atoms with Gasteiger partial charge in [-0.2, -0.15) is 0 Å². The molecule has 0 atom stereocenters. The summed E-state index contributed by atoms with van der Waals surface area (Å²) in [5.41, 5.74) is 0.0614. The number of carboxylic acid groups (broad SMARTS) is 1. The second kappa shape index (κ2) is 4.60. The lowest BCUT2D eigenvalue weighted by Gasteiger charge is -2.51. The molecule has 0 bridgehead atoms. The van der Waals surface area contributed by atoms with Crippen LogP contribution in [0.2, 0.25) is 0 Å². The highest BCUT2D eigenvalue weighted by atomic mass is 16.4. The van der Waals surface area contributed by atoms with Crippen LogP contribution < -0.4 is 0 Å². The lowest BCUT2D eigenvalue weighted by molar-refractivity contribution is -0.153. The molecule has 1 saturated heterocycles. The molecular weight excluding hydrogens is 214 g/mol. The molecule has 3 nitrogen and oxygen atoms in total. The third-order valence-corrected chi connectivity index (χ3v) is 5.12. The maximum Gasteiger partial charge on any atom is 0.310 e. The molecule has 1 aliphatic heterocycles. The van der Waals surface area contributed by atoms with Gasteiger partial charge in [0.25, 0.3) is 0 Å². The standard InChI is InChI=1S/C14H25NO2/c1-3-14(4-2,12(16)17)11-15-9-13(10-15)7-5-6-8-13/h3-11H2,1-2H3,(H,16,17). The summed E-state index contributed by atoms with van der Waals surface area (Å²) >= 11 is 0. The smallest absolute Gasteiger partial charge is 0.310 e. The SMILES string of the molecule is CCC(CC)(CN1CC2(CCCC2)C1)C(=O)O. The van der Waals surface area contributed by atoms with E-state index in [2.05, 4.69) is 4.90 Å². The average molecular weight is 239 g/mol. The topological polar surface area (TPSA) is 40.5 Å². The predicted octanol–water partition coefficient (Wildman–Crippen LogP) is 2.75. The van der Waals surface area contributed by atoms with Gasteiger partial charge in [-0.3, -0.25) is 4.79 Å². The fourth-order valence-corrected chi connectivity index (χ4v) is 3.73. The number of carboxylic acids is 1. The van der Waals surface area contributed by atoms with Crippen molar-refractivity contribution in [3.63, 3.8) is 0 Å². The third-order valence-electron chi connectivity index (χ3n) is 5.12. The molecule has 0 aromatic rings. The van der Waals surface area contributed by atoms with E-state index in [1.54, 1.807) is 0 Å². The van der Waals surface area contributed by atoms with E-state index in [1.165, 1.54) is 25.7 Å². The first-order chi connectivity index (χ1) is 8.06. The van der Waals surface area contributed by atoms with E-state index in [0.717, 1.165) is 32.5 Å². The summed E-state index contributed by atoms with van der Waals surface area (Å²) in [6, 6.07) is 0. The van der Waals surface area contributed by atoms with Crippen LogP contribution in [0.3, 0.4) is 0 Å². The van der Waals surface area contributed by atoms with E-state index in [0.29, 0.717) is 5.41 Å². The minimum Gasteiger partial charge on any atom is -0.481 e. The van der Waals surface area contributed by atoms with Gasteiger partial charge in [0.15, 0.2) is 0 Å². The van der Waals surface area contributed by atoms with Crippen molar-refractivity contribution >= 4 is 5.97 Å². The fraction of sp³-hybridized carbons (Fsp3) is 0.929. The molecule has 3 heteroatoms. The summed E-state index contributed by atoms with van der Waals surface area (Å²) < 4.78 is 0. The van der Waals surface area contributed by atoms with Gasteiger partial charge in [0, 0.05) is 19.6 Å². The summed E-state index contributed by atoms with van der Waals surface area (Å²) in [7, 11) is 0. The maximum atomic E-state index is 11.4. The zero-order chi connectivity index (χ0) is 12.5. The molecule has 1 heterocycles. The van der Waals surface area contributed by atoms with E-state index in [1.807, 2.05) is 13.8 Å². The van der Waals surface area contributed by atoms with Crippen molar-refractivity contribution in [3.8, 4) is 0 Å². The summed E-state index contributed by atoms with van der Waals surface area (Å²) in [5.74, 6) is -0.616. The Kier molecular flexibility index (Phi) is 3.48. The van der Waals surface area contributed by atoms with Crippen molar-refractivity contribution in [2.75, 3.05) is 19.6 Å². The lowest BCUT2D eigenvalue weighted by Crippen LogP contribution is -2.58. The first-order valence-corrected chi connectivity index (χ1v) is 7.02. The summed E-state index contributed by atoms with van der Waals surface area (Å²) in [4.78, 5) is 13.8. The van der Waals surface area contributed by atoms with Gasteiger partial charge in [0.1, 0.15) is 0 Å². The minimum absolute atomic E-state index is 0.514. The van der Waals surface area contributed by atoms with Crippen LogP contribution in [0.5, 0.6) is 0 Å². The number of carbonyl (C=O) groups is 1. The van der Waals surface area contributed by atoms with Crippen LogP contribution in [0, 0.1) is 10.8 Å². The van der Waals surface area contributed by atoms with Crippen molar-refractivity contribution in [3.05, 3.63) is 0 Å². The van der Waals surface area contributed by atoms with Gasteiger partial charge in [-0.25, -0.2) is 0 Å². The fourth-order valence-electron chi connectivity index (χ4n) is 3.73. The normalized spacial score (nSPS) is 23.9. The summed E-state index contributed by atoms with van der Waals surface area (Å²) in [5, 5.41) is 9.42. The molecule has 0 radical (unpaired) electrons. The first kappa shape index (κ1) is 12.9. The Morgan fingerprint density at radius 1 is 1.24 bits per heavy atom. The van der Waals surface area contributed by atoms with Gasteiger partial charge < -0.3 is 10.0 Å². The Labute approximate surface area is 104 Å². The number of nitrogens with zero attached hydrogens (tertiary/aromatic N) is 1. The molecule has 2 aliphatic rings. The average Bonchev–Trinajstić information content (AvgIpc) is 2.73. The highest BCUT2D eigenvalue weighted by molar-refractivity contribution is 5.74. The lowest BCUT2D eigenvalue weighted by atomic mass is 9.75. The quantitative estimate of drug-likeness (QED) is 0.802. The monoisotopic (exact) mass is 239 g/mol. The molecule has 2 rings (SSSR count). The van der Waals surface area contributed by atoms with Crippen LogP contribution in [0.15, 0.2) is 0 Å². The second-order valence-corrected chi connectivity index (χ2v) is 6.14. The maximum absolute atomic E-state index is 11.4. The molecular formula is C14H25NO2. The number of hydrogen-bond donors (Lipinski definition) is 1. The number of aliphatic carboxylic acids is 1. The first-order valence-electron chi connectivity index (χ1n) is 7.02. The van der Waals surface area contributed by atoms with E-state index in [9.17, 15) is 9.90 Å². The molecule has 0 amide bonds. The van der Waals surface area contributed by atoms with Crippen molar-refractivity contribution in [1.82, 2.24) is 4.90 Å². The molecule has 2 fully saturated rings. The number of likely N-dealkylation sites (tertiary alicyclic amines) is 1. The molecule has 17 heavy (non-hydrogen) atoms. The second-order valence-electron chi connectivity index (χ2n) is 6.14. The summed E-state index contributed by atoms with van der Waals surface area (Å²) in [6.45, 7) is 7.03. The van der Waals surface area contributed by atoms with Crippen LogP contribution in [-0.2, 0) is 4.79 Å². The molecule has 1 saturated carbocycles. The zero-order valence-electron chi connectivity index (χ0n) is 11.2. The van der Waals surface area contributed by atoms with Gasteiger partial charge in [-0.15, -0.1) is 0 Å². The molecule has 0 aromatic carbocycles. The largest absolute Gasteiger partial charge is 0.481 e. The highest BCUT2D eigenvalue weighted by Crippen LogP contribution is 2.46. The molecule has 1 aliphatic carbocycles. The van der Waals surface area contributed by atoms with Gasteiger partial charge in [-0.1, -0.05) is 26.7 Å². The van der Waals surface area contributed by atoms with Crippen LogP contribution in [-0.4, -0.2) is 35.6 Å². The molecule has 1 spiro atoms. The van der Waals surface area contributed by atoms with Crippen LogP contribution >= 0.6 is 0 Å². The minimum atomic E-state index is -0.616. The molecule has 98 valence electrons. The van der Waals surface area contributed by atoms with Crippen molar-refractivity contribution in [1.29, 1.82) is 0 Å². The zero-order valence-corrected chi connectivity index (χ0v) is 11.2. The van der Waals surface area contributed by atoms with Crippen molar-refractivity contribution in [2.45, 2.75) is 52.4 Å². The van der Waals surface area contributed by atoms with E-state index in [-0.39, 0.29) is 0 Å². The highest BCUT2D eigenvalue weighted by Gasteiger charge is 2.48. The molecule has 0 unspecified atom stereocenters. The van der Waals surface area contributed by atoms with E-state index < -0.39 is 11.4 Å². The van der Waals surface area contributed by atoms with Crippen LogP contribution in [0.25, 0.3) is 0 Å². The molecule has 1 N–H and O–H groups in total. The Balaban J connectivity index is 1.91. The van der Waals surface area contributed by atoms with Crippen molar-refractivity contribution in [2.24, 2.45) is 10.8 Å². The van der Waals surface area contributed by atoms with Gasteiger partial charge in [0.2, 0.25) is 0 Å². The Morgan fingerprint density at radius 2 is 1.76 bits per heavy atom. The summed E-state index contributed by atoms with van der Waals surface area (Å²) in [6.07, 6.45) is 6.95. The van der Waals surface area contributed by atoms with Crippen LogP contribution in [0.1, 0.15) is 52.4 Å². The van der Waals surface area contributed by atoms with E-state index in [4.69, 9.17) is 0 Å². The van der Waals surface area contributed by atoms with Gasteiger partial charge in [0.05, 0.1) is 5.41 Å². The predicted molar refractivity (Wildman–Crippen MR) is 68.0 cm³/mol. The Hall–Kier alpha value is -0.570. The van der Waals surface area contributed by atoms with E-state index >= 15 is 0 Å². The third kappa shape index (κ3) is 2.22. The van der Waals surface area contributed by atoms with Gasteiger partial charge >= 0.3 is 5.97 Å². The van der Waals surface area contributed by atoms with Crippen molar-refractivity contribution < 1.29 is 9.90 Å².